The van der Waals surface area contributed by atoms with Gasteiger partial charge in [-0.25, -0.2) is 9.97 Å². The second kappa shape index (κ2) is 8.90. The van der Waals surface area contributed by atoms with E-state index in [1.165, 1.54) is 11.8 Å². The van der Waals surface area contributed by atoms with Crippen molar-refractivity contribution in [3.8, 4) is 10.6 Å². The van der Waals surface area contributed by atoms with E-state index in [2.05, 4.69) is 17.5 Å². The van der Waals surface area contributed by atoms with Crippen molar-refractivity contribution in [2.75, 3.05) is 13.7 Å². The van der Waals surface area contributed by atoms with Gasteiger partial charge >= 0.3 is 0 Å². The third-order valence-electron chi connectivity index (χ3n) is 4.55. The maximum Gasteiger partial charge on any atom is 0.262 e. The average molecular weight is 424 g/mol. The Hall–Kier alpha value is -2.48. The quantitative estimate of drug-likeness (QED) is 0.309. The molecule has 4 rings (SSSR count). The van der Waals surface area contributed by atoms with Gasteiger partial charge in [0.1, 0.15) is 5.01 Å². The van der Waals surface area contributed by atoms with Gasteiger partial charge in [0.05, 0.1) is 29.2 Å². The Morgan fingerprint density at radius 1 is 1.10 bits per heavy atom. The van der Waals surface area contributed by atoms with Crippen LogP contribution in [-0.4, -0.2) is 28.3 Å². The molecule has 5 nitrogen and oxygen atoms in total. The predicted molar refractivity (Wildman–Crippen MR) is 120 cm³/mol. The molecular formula is C22H21N3O2S2. The van der Waals surface area contributed by atoms with Crippen LogP contribution in [0.2, 0.25) is 0 Å². The van der Waals surface area contributed by atoms with Gasteiger partial charge in [-0.1, -0.05) is 54.2 Å². The fourth-order valence-electron chi connectivity index (χ4n) is 3.16. The number of rotatable bonds is 7. The fourth-order valence-corrected chi connectivity index (χ4v) is 5.08. The van der Waals surface area contributed by atoms with E-state index in [4.69, 9.17) is 14.7 Å². The molecule has 1 atom stereocenters. The van der Waals surface area contributed by atoms with Crippen LogP contribution in [0, 0.1) is 0 Å². The standard InChI is InChI=1S/C22H21N3O2S2/c1-15(12-27-2)25-21(26)18-10-6-7-11-19(18)24-22(25)29-14-17-13-28-20(23-17)16-8-4-3-5-9-16/h3-11,13,15H,12,14H2,1-2H3. The number of benzene rings is 2. The normalized spacial score (nSPS) is 12.3. The Kier molecular flexibility index (Phi) is 6.08. The van der Waals surface area contributed by atoms with Crippen LogP contribution in [0.1, 0.15) is 18.7 Å². The van der Waals surface area contributed by atoms with Gasteiger partial charge in [-0.05, 0) is 19.1 Å². The molecule has 7 heteroatoms. The van der Waals surface area contributed by atoms with Crippen LogP contribution >= 0.6 is 23.1 Å². The minimum absolute atomic E-state index is 0.0362. The van der Waals surface area contributed by atoms with Crippen LogP contribution < -0.4 is 5.56 Å². The number of para-hydroxylation sites is 1. The van der Waals surface area contributed by atoms with Gasteiger partial charge in [-0.3, -0.25) is 9.36 Å². The first-order valence-electron chi connectivity index (χ1n) is 9.30. The minimum Gasteiger partial charge on any atom is -0.383 e. The van der Waals surface area contributed by atoms with Gasteiger partial charge in [-0.2, -0.15) is 0 Å². The molecular weight excluding hydrogens is 402 g/mol. The number of hydrogen-bond donors (Lipinski definition) is 0. The topological polar surface area (TPSA) is 57.0 Å². The summed E-state index contributed by atoms with van der Waals surface area (Å²) in [6, 6.07) is 17.5. The third-order valence-corrected chi connectivity index (χ3v) is 6.47. The SMILES string of the molecule is COCC(C)n1c(SCc2csc(-c3ccccc3)n2)nc2ccccc2c1=O. The molecule has 0 N–H and O–H groups in total. The van der Waals surface area contributed by atoms with Gasteiger partial charge in [0.25, 0.3) is 5.56 Å². The summed E-state index contributed by atoms with van der Waals surface area (Å²) in [6.45, 7) is 2.42. The van der Waals surface area contributed by atoms with E-state index in [1.807, 2.05) is 49.4 Å². The largest absolute Gasteiger partial charge is 0.383 e. The summed E-state index contributed by atoms with van der Waals surface area (Å²) >= 11 is 3.16. The molecule has 0 aliphatic heterocycles. The second-order valence-electron chi connectivity index (χ2n) is 6.69. The molecule has 2 aromatic carbocycles. The Bertz CT molecular complexity index is 1170. The average Bonchev–Trinajstić information content (AvgIpc) is 3.22. The third kappa shape index (κ3) is 4.27. The molecule has 0 aliphatic rings. The molecule has 0 radical (unpaired) electrons. The Balaban J connectivity index is 1.64. The number of ether oxygens (including phenoxy) is 1. The van der Waals surface area contributed by atoms with E-state index in [0.29, 0.717) is 28.4 Å². The summed E-state index contributed by atoms with van der Waals surface area (Å²) in [7, 11) is 1.64. The summed E-state index contributed by atoms with van der Waals surface area (Å²) in [5.74, 6) is 0.647. The van der Waals surface area contributed by atoms with Crippen molar-refractivity contribution in [1.29, 1.82) is 0 Å². The summed E-state index contributed by atoms with van der Waals surface area (Å²) in [5.41, 5.74) is 2.77. The zero-order chi connectivity index (χ0) is 20.2. The van der Waals surface area contributed by atoms with E-state index in [1.54, 1.807) is 23.0 Å². The van der Waals surface area contributed by atoms with Crippen molar-refractivity contribution >= 4 is 34.0 Å². The highest BCUT2D eigenvalue weighted by atomic mass is 32.2. The summed E-state index contributed by atoms with van der Waals surface area (Å²) in [6.07, 6.45) is 0. The molecule has 1 unspecified atom stereocenters. The number of methoxy groups -OCH3 is 1. The maximum atomic E-state index is 13.1. The van der Waals surface area contributed by atoms with Crippen molar-refractivity contribution < 1.29 is 4.74 Å². The van der Waals surface area contributed by atoms with Crippen molar-refractivity contribution in [1.82, 2.24) is 14.5 Å². The highest BCUT2D eigenvalue weighted by Crippen LogP contribution is 2.28. The van der Waals surface area contributed by atoms with Crippen LogP contribution in [-0.2, 0) is 10.5 Å². The predicted octanol–water partition coefficient (Wildman–Crippen LogP) is 5.02. The highest BCUT2D eigenvalue weighted by molar-refractivity contribution is 7.98. The molecule has 0 aliphatic carbocycles. The van der Waals surface area contributed by atoms with Crippen LogP contribution in [0.4, 0.5) is 0 Å². The van der Waals surface area contributed by atoms with E-state index >= 15 is 0 Å². The molecule has 0 saturated heterocycles. The number of nitrogens with zero attached hydrogens (tertiary/aromatic N) is 3. The lowest BCUT2D eigenvalue weighted by Crippen LogP contribution is -2.28. The number of aromatic nitrogens is 3. The molecule has 0 spiro atoms. The van der Waals surface area contributed by atoms with Crippen molar-refractivity contribution in [2.24, 2.45) is 0 Å². The van der Waals surface area contributed by atoms with Crippen molar-refractivity contribution in [2.45, 2.75) is 23.9 Å². The van der Waals surface area contributed by atoms with Gasteiger partial charge in [0, 0.05) is 23.8 Å². The molecule has 2 aromatic heterocycles. The minimum atomic E-state index is -0.109. The highest BCUT2D eigenvalue weighted by Gasteiger charge is 2.17. The molecule has 148 valence electrons. The van der Waals surface area contributed by atoms with E-state index < -0.39 is 0 Å². The van der Waals surface area contributed by atoms with Gasteiger partial charge in [0.15, 0.2) is 5.16 Å². The lowest BCUT2D eigenvalue weighted by atomic mass is 10.2. The smallest absolute Gasteiger partial charge is 0.262 e. The Morgan fingerprint density at radius 2 is 1.86 bits per heavy atom. The summed E-state index contributed by atoms with van der Waals surface area (Å²) in [5, 5.41) is 4.38. The molecule has 0 amide bonds. The zero-order valence-corrected chi connectivity index (χ0v) is 17.9. The summed E-state index contributed by atoms with van der Waals surface area (Å²) in [4.78, 5) is 22.6. The van der Waals surface area contributed by atoms with E-state index in [9.17, 15) is 4.79 Å². The molecule has 0 fully saturated rings. The maximum absolute atomic E-state index is 13.1. The molecule has 0 saturated carbocycles. The van der Waals surface area contributed by atoms with Gasteiger partial charge < -0.3 is 4.74 Å². The Labute approximate surface area is 177 Å². The van der Waals surface area contributed by atoms with Crippen LogP contribution in [0.15, 0.2) is 69.9 Å². The first-order valence-corrected chi connectivity index (χ1v) is 11.2. The Morgan fingerprint density at radius 3 is 2.66 bits per heavy atom. The number of fused-ring (bicyclic) bond motifs is 1. The van der Waals surface area contributed by atoms with Crippen LogP contribution in [0.5, 0.6) is 0 Å². The monoisotopic (exact) mass is 423 g/mol. The number of thioether (sulfide) groups is 1. The van der Waals surface area contributed by atoms with E-state index in [0.717, 1.165) is 16.3 Å². The fraction of sp³-hybridized carbons (Fsp3) is 0.227. The van der Waals surface area contributed by atoms with Crippen LogP contribution in [0.25, 0.3) is 21.5 Å². The van der Waals surface area contributed by atoms with Gasteiger partial charge in [-0.15, -0.1) is 11.3 Å². The first kappa shape index (κ1) is 19.8. The summed E-state index contributed by atoms with van der Waals surface area (Å²) < 4.78 is 7.02. The molecule has 0 bridgehead atoms. The van der Waals surface area contributed by atoms with E-state index in [-0.39, 0.29) is 11.6 Å². The number of thiazole rings is 1. The molecule has 29 heavy (non-hydrogen) atoms. The van der Waals surface area contributed by atoms with Crippen LogP contribution in [0.3, 0.4) is 0 Å². The van der Waals surface area contributed by atoms with Crippen molar-refractivity contribution in [3.63, 3.8) is 0 Å². The zero-order valence-electron chi connectivity index (χ0n) is 16.2. The second-order valence-corrected chi connectivity index (χ2v) is 8.49. The van der Waals surface area contributed by atoms with Crippen molar-refractivity contribution in [3.05, 3.63) is 76.0 Å². The molecule has 2 heterocycles. The molecule has 4 aromatic rings. The lowest BCUT2D eigenvalue weighted by molar-refractivity contribution is 0.156. The lowest BCUT2D eigenvalue weighted by Gasteiger charge is -2.18. The first-order chi connectivity index (χ1) is 14.2. The van der Waals surface area contributed by atoms with Gasteiger partial charge in [0.2, 0.25) is 0 Å². The number of hydrogen-bond acceptors (Lipinski definition) is 6.